The monoisotopic (exact) mass is 150 g/mol. The van der Waals surface area contributed by atoms with Crippen LogP contribution in [0, 0.1) is 11.8 Å². The van der Waals surface area contributed by atoms with Gasteiger partial charge in [0.1, 0.15) is 0 Å². The van der Waals surface area contributed by atoms with E-state index in [0.29, 0.717) is 11.5 Å². The largest absolute Gasteiger partial charge is 0.478 e. The number of carboxylic acid groups (broad SMARTS) is 1. The van der Waals surface area contributed by atoms with Gasteiger partial charge in [-0.3, -0.25) is 0 Å². The normalized spacial score (nSPS) is 33.6. The van der Waals surface area contributed by atoms with Crippen LogP contribution in [0.2, 0.25) is 0 Å². The van der Waals surface area contributed by atoms with E-state index in [1.807, 2.05) is 12.2 Å². The molecule has 0 bridgehead atoms. The fourth-order valence-electron chi connectivity index (χ4n) is 1.95. The Bertz CT molecular complexity index is 250. The zero-order valence-electron chi connectivity index (χ0n) is 6.16. The maximum atomic E-state index is 10.6. The van der Waals surface area contributed by atoms with Crippen LogP contribution in [0.1, 0.15) is 12.8 Å². The molecule has 0 heterocycles. The van der Waals surface area contributed by atoms with Gasteiger partial charge in [-0.2, -0.15) is 0 Å². The Morgan fingerprint density at radius 3 is 3.09 bits per heavy atom. The van der Waals surface area contributed by atoms with Gasteiger partial charge in [-0.15, -0.1) is 0 Å². The highest BCUT2D eigenvalue weighted by Crippen LogP contribution is 2.39. The molecule has 0 aromatic rings. The predicted octanol–water partition coefficient (Wildman–Crippen LogP) is 1.59. The van der Waals surface area contributed by atoms with Crippen molar-refractivity contribution < 1.29 is 9.90 Å². The van der Waals surface area contributed by atoms with Gasteiger partial charge in [0.05, 0.1) is 0 Å². The molecule has 0 saturated heterocycles. The maximum absolute atomic E-state index is 10.6. The van der Waals surface area contributed by atoms with Gasteiger partial charge >= 0.3 is 5.97 Å². The summed E-state index contributed by atoms with van der Waals surface area (Å²) in [5, 5.41) is 8.76. The van der Waals surface area contributed by atoms with Crippen LogP contribution in [0.15, 0.2) is 23.8 Å². The lowest BCUT2D eigenvalue weighted by molar-refractivity contribution is -0.133. The summed E-state index contributed by atoms with van der Waals surface area (Å²) in [5.74, 6) is 0.0256. The van der Waals surface area contributed by atoms with Crippen LogP contribution in [0.3, 0.4) is 0 Å². The molecular formula is C9H10O2. The summed E-state index contributed by atoms with van der Waals surface area (Å²) in [6.07, 6.45) is 7.97. The second-order valence-corrected chi connectivity index (χ2v) is 3.15. The summed E-state index contributed by atoms with van der Waals surface area (Å²) in [5.41, 5.74) is 0.601. The average molecular weight is 150 g/mol. The Kier molecular flexibility index (Phi) is 1.34. The van der Waals surface area contributed by atoms with E-state index in [9.17, 15) is 4.79 Å². The molecule has 2 atom stereocenters. The van der Waals surface area contributed by atoms with Crippen LogP contribution < -0.4 is 0 Å². The topological polar surface area (TPSA) is 37.3 Å². The number of aliphatic carboxylic acids is 1. The Morgan fingerprint density at radius 2 is 2.36 bits per heavy atom. The highest BCUT2D eigenvalue weighted by molar-refractivity contribution is 5.88. The molecule has 0 aromatic heterocycles. The quantitative estimate of drug-likeness (QED) is 0.576. The zero-order valence-corrected chi connectivity index (χ0v) is 6.16. The highest BCUT2D eigenvalue weighted by atomic mass is 16.4. The van der Waals surface area contributed by atoms with Gasteiger partial charge in [0, 0.05) is 11.5 Å². The van der Waals surface area contributed by atoms with Gasteiger partial charge in [0.15, 0.2) is 0 Å². The van der Waals surface area contributed by atoms with Gasteiger partial charge in [-0.25, -0.2) is 4.79 Å². The molecule has 0 saturated carbocycles. The molecule has 2 unspecified atom stereocenters. The van der Waals surface area contributed by atoms with Crippen LogP contribution in [-0.4, -0.2) is 11.1 Å². The minimum Gasteiger partial charge on any atom is -0.478 e. The number of hydrogen-bond acceptors (Lipinski definition) is 1. The molecule has 0 aromatic carbocycles. The SMILES string of the molecule is O=C(O)C1=CCC2CC=CC12. The lowest BCUT2D eigenvalue weighted by atomic mass is 9.95. The first-order valence-electron chi connectivity index (χ1n) is 3.89. The summed E-state index contributed by atoms with van der Waals surface area (Å²) in [4.78, 5) is 10.6. The second kappa shape index (κ2) is 2.22. The van der Waals surface area contributed by atoms with Crippen molar-refractivity contribution in [3.63, 3.8) is 0 Å². The molecule has 2 heteroatoms. The van der Waals surface area contributed by atoms with Crippen LogP contribution in [0.25, 0.3) is 0 Å². The molecule has 0 spiro atoms. The molecule has 2 rings (SSSR count). The van der Waals surface area contributed by atoms with Crippen molar-refractivity contribution in [3.05, 3.63) is 23.8 Å². The Balaban J connectivity index is 2.24. The van der Waals surface area contributed by atoms with Crippen LogP contribution in [0.5, 0.6) is 0 Å². The average Bonchev–Trinajstić information content (AvgIpc) is 2.41. The molecule has 0 radical (unpaired) electrons. The van der Waals surface area contributed by atoms with E-state index < -0.39 is 5.97 Å². The summed E-state index contributed by atoms with van der Waals surface area (Å²) in [7, 11) is 0. The highest BCUT2D eigenvalue weighted by Gasteiger charge is 2.33. The molecule has 2 aliphatic carbocycles. The number of hydrogen-bond donors (Lipinski definition) is 1. The Hall–Kier alpha value is -1.05. The summed E-state index contributed by atoms with van der Waals surface area (Å²) < 4.78 is 0. The van der Waals surface area contributed by atoms with Crippen molar-refractivity contribution in [1.82, 2.24) is 0 Å². The fourth-order valence-corrected chi connectivity index (χ4v) is 1.95. The molecule has 11 heavy (non-hydrogen) atoms. The summed E-state index contributed by atoms with van der Waals surface area (Å²) >= 11 is 0. The molecule has 58 valence electrons. The number of rotatable bonds is 1. The summed E-state index contributed by atoms with van der Waals surface area (Å²) in [6, 6.07) is 0. The van der Waals surface area contributed by atoms with Crippen molar-refractivity contribution in [2.24, 2.45) is 11.8 Å². The third kappa shape index (κ3) is 0.897. The van der Waals surface area contributed by atoms with Crippen LogP contribution in [-0.2, 0) is 4.79 Å². The van der Waals surface area contributed by atoms with Gasteiger partial charge in [0.2, 0.25) is 0 Å². The first-order chi connectivity index (χ1) is 5.29. The molecule has 2 aliphatic rings. The maximum Gasteiger partial charge on any atom is 0.331 e. The molecule has 2 nitrogen and oxygen atoms in total. The molecule has 0 amide bonds. The van der Waals surface area contributed by atoms with E-state index in [2.05, 4.69) is 6.08 Å². The molecule has 0 aliphatic heterocycles. The van der Waals surface area contributed by atoms with E-state index in [4.69, 9.17) is 5.11 Å². The number of allylic oxidation sites excluding steroid dienone is 3. The lowest BCUT2D eigenvalue weighted by Gasteiger charge is -2.09. The minimum atomic E-state index is -0.746. The predicted molar refractivity (Wildman–Crippen MR) is 41.1 cm³/mol. The number of carbonyl (C=O) groups is 1. The summed E-state index contributed by atoms with van der Waals surface area (Å²) in [6.45, 7) is 0. The smallest absolute Gasteiger partial charge is 0.331 e. The molecule has 0 fully saturated rings. The lowest BCUT2D eigenvalue weighted by Crippen LogP contribution is -2.10. The van der Waals surface area contributed by atoms with Crippen molar-refractivity contribution in [2.75, 3.05) is 0 Å². The zero-order chi connectivity index (χ0) is 7.84. The fraction of sp³-hybridized carbons (Fsp3) is 0.444. The van der Waals surface area contributed by atoms with E-state index in [1.54, 1.807) is 0 Å². The van der Waals surface area contributed by atoms with Crippen molar-refractivity contribution in [2.45, 2.75) is 12.8 Å². The first-order valence-corrected chi connectivity index (χ1v) is 3.89. The third-order valence-corrected chi connectivity index (χ3v) is 2.54. The standard InChI is InChI=1S/C9H10O2/c10-9(11)8-5-4-6-2-1-3-7(6)8/h1,3,5-7H,2,4H2,(H,10,11). The Labute approximate surface area is 65.2 Å². The third-order valence-electron chi connectivity index (χ3n) is 2.54. The van der Waals surface area contributed by atoms with Crippen molar-refractivity contribution >= 4 is 5.97 Å². The minimum absolute atomic E-state index is 0.215. The van der Waals surface area contributed by atoms with E-state index in [-0.39, 0.29) is 5.92 Å². The van der Waals surface area contributed by atoms with E-state index in [1.165, 1.54) is 0 Å². The Morgan fingerprint density at radius 1 is 1.55 bits per heavy atom. The molecule has 1 N–H and O–H groups in total. The number of fused-ring (bicyclic) bond motifs is 1. The van der Waals surface area contributed by atoms with Gasteiger partial charge in [-0.1, -0.05) is 18.2 Å². The van der Waals surface area contributed by atoms with E-state index in [0.717, 1.165) is 12.8 Å². The van der Waals surface area contributed by atoms with Gasteiger partial charge in [-0.05, 0) is 18.8 Å². The van der Waals surface area contributed by atoms with Gasteiger partial charge < -0.3 is 5.11 Å². The van der Waals surface area contributed by atoms with Crippen molar-refractivity contribution in [1.29, 1.82) is 0 Å². The van der Waals surface area contributed by atoms with E-state index >= 15 is 0 Å². The van der Waals surface area contributed by atoms with Crippen molar-refractivity contribution in [3.8, 4) is 0 Å². The van der Waals surface area contributed by atoms with Crippen LogP contribution >= 0.6 is 0 Å². The van der Waals surface area contributed by atoms with Gasteiger partial charge in [0.25, 0.3) is 0 Å². The van der Waals surface area contributed by atoms with Crippen LogP contribution in [0.4, 0.5) is 0 Å². The molecular weight excluding hydrogens is 140 g/mol. The number of carboxylic acids is 1. The first kappa shape index (κ1) is 6.65. The second-order valence-electron chi connectivity index (χ2n) is 3.15.